The second-order valence-corrected chi connectivity index (χ2v) is 9.20. The summed E-state index contributed by atoms with van der Waals surface area (Å²) in [5.74, 6) is 0.375. The lowest BCUT2D eigenvalue weighted by atomic mass is 10.2. The van der Waals surface area contributed by atoms with Crippen LogP contribution < -0.4 is 19.1 Å². The molecule has 0 spiro atoms. The summed E-state index contributed by atoms with van der Waals surface area (Å²) in [5.41, 5.74) is 1.10. The van der Waals surface area contributed by atoms with Crippen molar-refractivity contribution in [1.29, 1.82) is 0 Å². The molecular weight excluding hydrogens is 444 g/mol. The predicted molar refractivity (Wildman–Crippen MR) is 125 cm³/mol. The van der Waals surface area contributed by atoms with E-state index in [1.807, 2.05) is 10.8 Å². The van der Waals surface area contributed by atoms with Crippen molar-refractivity contribution in [3.8, 4) is 11.5 Å². The molecule has 0 aliphatic rings. The fourth-order valence-electron chi connectivity index (χ4n) is 3.26. The minimum atomic E-state index is -4.11. The van der Waals surface area contributed by atoms with Gasteiger partial charge in [0, 0.05) is 25.5 Å². The van der Waals surface area contributed by atoms with Gasteiger partial charge in [0.2, 0.25) is 5.91 Å². The van der Waals surface area contributed by atoms with Gasteiger partial charge in [0.15, 0.2) is 0 Å². The molecule has 0 bridgehead atoms. The Bertz CT molecular complexity index is 1160. The largest absolute Gasteiger partial charge is 0.497 e. The van der Waals surface area contributed by atoms with Crippen molar-refractivity contribution in [2.45, 2.75) is 24.8 Å². The number of ether oxygens (including phenoxy) is 2. The van der Waals surface area contributed by atoms with Crippen molar-refractivity contribution in [3.63, 3.8) is 0 Å². The lowest BCUT2D eigenvalue weighted by Gasteiger charge is -2.25. The van der Waals surface area contributed by atoms with E-state index in [1.165, 1.54) is 20.3 Å². The Morgan fingerprint density at radius 2 is 1.88 bits per heavy atom. The third-order valence-electron chi connectivity index (χ3n) is 5.01. The van der Waals surface area contributed by atoms with Crippen molar-refractivity contribution in [2.75, 3.05) is 31.6 Å². The molecule has 2 aromatic carbocycles. The zero-order valence-electron chi connectivity index (χ0n) is 18.9. The van der Waals surface area contributed by atoms with E-state index < -0.39 is 15.9 Å². The predicted octanol–water partition coefficient (Wildman–Crippen LogP) is 2.61. The van der Waals surface area contributed by atoms with Gasteiger partial charge in [-0.3, -0.25) is 9.10 Å². The summed E-state index contributed by atoms with van der Waals surface area (Å²) >= 11 is 0. The molecule has 0 atom stereocenters. The summed E-state index contributed by atoms with van der Waals surface area (Å²) in [4.78, 5) is 16.7. The molecule has 10 heteroatoms. The molecular formula is C23H28N4O5S. The van der Waals surface area contributed by atoms with Crippen LogP contribution in [0, 0.1) is 6.92 Å². The SMILES string of the molecule is COc1ccc(N(CC(=O)NCCCn2ccnc2)S(=O)(=O)c2cc(C)ccc2OC)cc1. The second-order valence-electron chi connectivity index (χ2n) is 7.37. The Morgan fingerprint density at radius 3 is 2.52 bits per heavy atom. The first-order chi connectivity index (χ1) is 15.8. The molecule has 0 aliphatic carbocycles. The van der Waals surface area contributed by atoms with E-state index in [4.69, 9.17) is 9.47 Å². The first kappa shape index (κ1) is 24.1. The van der Waals surface area contributed by atoms with Gasteiger partial charge in [0.1, 0.15) is 22.9 Å². The Labute approximate surface area is 194 Å². The number of aromatic nitrogens is 2. The van der Waals surface area contributed by atoms with E-state index in [2.05, 4.69) is 10.3 Å². The fourth-order valence-corrected chi connectivity index (χ4v) is 4.93. The molecule has 0 radical (unpaired) electrons. The summed E-state index contributed by atoms with van der Waals surface area (Å²) in [6.07, 6.45) is 5.92. The standard InChI is InChI=1S/C23H28N4O5S/c1-18-5-10-21(32-3)22(15-18)33(29,30)27(19-6-8-20(31-2)9-7-19)16-23(28)25-11-4-13-26-14-12-24-17-26/h5-10,12,14-15,17H,4,11,13,16H2,1-3H3,(H,25,28). The van der Waals surface area contributed by atoms with Crippen molar-refractivity contribution >= 4 is 21.6 Å². The number of hydrogen-bond acceptors (Lipinski definition) is 6. The minimum Gasteiger partial charge on any atom is -0.497 e. The molecule has 1 N–H and O–H groups in total. The number of nitrogens with zero attached hydrogens (tertiary/aromatic N) is 3. The highest BCUT2D eigenvalue weighted by atomic mass is 32.2. The summed E-state index contributed by atoms with van der Waals surface area (Å²) in [6, 6.07) is 11.4. The summed E-state index contributed by atoms with van der Waals surface area (Å²) in [6.45, 7) is 2.52. The normalized spacial score (nSPS) is 11.1. The zero-order chi connectivity index (χ0) is 23.8. The van der Waals surface area contributed by atoms with Crippen LogP contribution in [0.25, 0.3) is 0 Å². The molecule has 0 unspecified atom stereocenters. The highest BCUT2D eigenvalue weighted by molar-refractivity contribution is 7.93. The van der Waals surface area contributed by atoms with Gasteiger partial charge in [-0.05, 0) is 55.3 Å². The molecule has 176 valence electrons. The molecule has 9 nitrogen and oxygen atoms in total. The number of imidazole rings is 1. The number of sulfonamides is 1. The topological polar surface area (TPSA) is 103 Å². The van der Waals surface area contributed by atoms with Crippen molar-refractivity contribution < 1.29 is 22.7 Å². The lowest BCUT2D eigenvalue weighted by molar-refractivity contribution is -0.119. The smallest absolute Gasteiger partial charge is 0.268 e. The molecule has 0 saturated carbocycles. The van der Waals surface area contributed by atoms with Gasteiger partial charge in [-0.15, -0.1) is 0 Å². The van der Waals surface area contributed by atoms with Crippen LogP contribution in [0.3, 0.4) is 0 Å². The van der Waals surface area contributed by atoms with Gasteiger partial charge >= 0.3 is 0 Å². The molecule has 33 heavy (non-hydrogen) atoms. The third-order valence-corrected chi connectivity index (χ3v) is 6.80. The van der Waals surface area contributed by atoms with E-state index >= 15 is 0 Å². The maximum atomic E-state index is 13.7. The Kier molecular flexibility index (Phi) is 7.94. The lowest BCUT2D eigenvalue weighted by Crippen LogP contribution is -2.41. The number of rotatable bonds is 11. The molecule has 0 aliphatic heterocycles. The number of carbonyl (C=O) groups excluding carboxylic acids is 1. The van der Waals surface area contributed by atoms with Crippen LogP contribution in [-0.4, -0.2) is 51.2 Å². The monoisotopic (exact) mass is 472 g/mol. The van der Waals surface area contributed by atoms with E-state index in [0.29, 0.717) is 30.9 Å². The zero-order valence-corrected chi connectivity index (χ0v) is 19.7. The quantitative estimate of drug-likeness (QED) is 0.431. The van der Waals surface area contributed by atoms with Gasteiger partial charge in [-0.1, -0.05) is 6.07 Å². The number of amides is 1. The first-order valence-corrected chi connectivity index (χ1v) is 11.8. The summed E-state index contributed by atoms with van der Waals surface area (Å²) < 4.78 is 40.8. The first-order valence-electron chi connectivity index (χ1n) is 10.4. The number of carbonyl (C=O) groups is 1. The molecule has 0 saturated heterocycles. The van der Waals surface area contributed by atoms with E-state index in [9.17, 15) is 13.2 Å². The van der Waals surface area contributed by atoms with Crippen LogP contribution in [0.5, 0.6) is 11.5 Å². The number of aryl methyl sites for hydroxylation is 2. The summed E-state index contributed by atoms with van der Waals surface area (Å²) in [7, 11) is -1.17. The molecule has 1 aromatic heterocycles. The van der Waals surface area contributed by atoms with Crippen LogP contribution in [-0.2, 0) is 21.4 Å². The summed E-state index contributed by atoms with van der Waals surface area (Å²) in [5, 5.41) is 2.80. The molecule has 3 aromatic rings. The molecule has 0 fully saturated rings. The fraction of sp³-hybridized carbons (Fsp3) is 0.304. The van der Waals surface area contributed by atoms with Crippen LogP contribution in [0.2, 0.25) is 0 Å². The third kappa shape index (κ3) is 6.04. The van der Waals surface area contributed by atoms with Crippen LogP contribution in [0.15, 0.2) is 66.1 Å². The average molecular weight is 473 g/mol. The highest BCUT2D eigenvalue weighted by Gasteiger charge is 2.30. The number of anilines is 1. The second kappa shape index (κ2) is 10.9. The van der Waals surface area contributed by atoms with Crippen molar-refractivity contribution in [1.82, 2.24) is 14.9 Å². The molecule has 3 rings (SSSR count). The van der Waals surface area contributed by atoms with Crippen LogP contribution >= 0.6 is 0 Å². The van der Waals surface area contributed by atoms with E-state index in [-0.39, 0.29) is 17.2 Å². The van der Waals surface area contributed by atoms with Gasteiger partial charge in [0.05, 0.1) is 26.2 Å². The average Bonchev–Trinajstić information content (AvgIpc) is 3.34. The minimum absolute atomic E-state index is 0.00581. The van der Waals surface area contributed by atoms with Crippen molar-refractivity contribution in [2.24, 2.45) is 0 Å². The van der Waals surface area contributed by atoms with Gasteiger partial charge < -0.3 is 19.4 Å². The number of methoxy groups -OCH3 is 2. The van der Waals surface area contributed by atoms with E-state index in [0.717, 1.165) is 9.87 Å². The Hall–Kier alpha value is -3.53. The van der Waals surface area contributed by atoms with Crippen molar-refractivity contribution in [3.05, 3.63) is 66.7 Å². The van der Waals surface area contributed by atoms with Crippen LogP contribution in [0.4, 0.5) is 5.69 Å². The van der Waals surface area contributed by atoms with Gasteiger partial charge in [-0.2, -0.15) is 0 Å². The maximum absolute atomic E-state index is 13.7. The van der Waals surface area contributed by atoms with Crippen LogP contribution in [0.1, 0.15) is 12.0 Å². The number of hydrogen-bond donors (Lipinski definition) is 1. The number of nitrogens with one attached hydrogen (secondary N) is 1. The van der Waals surface area contributed by atoms with Gasteiger partial charge in [0.25, 0.3) is 10.0 Å². The Morgan fingerprint density at radius 1 is 1.12 bits per heavy atom. The highest BCUT2D eigenvalue weighted by Crippen LogP contribution is 2.31. The van der Waals surface area contributed by atoms with E-state index in [1.54, 1.807) is 55.8 Å². The molecule has 1 heterocycles. The molecule has 1 amide bonds. The maximum Gasteiger partial charge on any atom is 0.268 e. The Balaban J connectivity index is 1.83. The number of benzene rings is 2. The van der Waals surface area contributed by atoms with Gasteiger partial charge in [-0.25, -0.2) is 13.4 Å².